The molecule has 7 nitrogen and oxygen atoms in total. The van der Waals surface area contributed by atoms with E-state index < -0.39 is 36.0 Å². The number of aromatic nitrogens is 5. The molecule has 0 saturated heterocycles. The molecule has 2 aliphatic rings. The Hall–Kier alpha value is -3.90. The maximum atomic E-state index is 13.5. The largest absolute Gasteiger partial charge is 0.413 e. The maximum Gasteiger partial charge on any atom is 0.413 e. The number of amides is 1. The number of alkyl halides is 5. The lowest BCUT2D eigenvalue weighted by molar-refractivity contribution is -0.189. The van der Waals surface area contributed by atoms with Crippen molar-refractivity contribution in [3.05, 3.63) is 83.3 Å². The third-order valence-corrected chi connectivity index (χ3v) is 7.41. The highest BCUT2D eigenvalue weighted by Crippen LogP contribution is 2.43. The standard InChI is InChI=1S/C14H12F3N5.C13H14F3NO/c1-14(9-3-5-21(19-9)13(16)17)4-2-8-7-18-11-6-10(15)20-22(11)12(8)14;1-17(12(18)10-7-8-10)11(13(14,15)16)9-5-3-2-4-6-9/h3,5-7,13H,2,4H2,1H3;2-6,10-11H,7-8H2,1H3/t14-;/m0./s1. The zero-order chi connectivity index (χ0) is 28.8. The summed E-state index contributed by atoms with van der Waals surface area (Å²) in [6.07, 6.45) is 1.29. The molecule has 4 aromatic rings. The van der Waals surface area contributed by atoms with Gasteiger partial charge in [-0.1, -0.05) is 30.3 Å². The fraction of sp³-hybridized carbons (Fsp3) is 0.407. The van der Waals surface area contributed by atoms with Crippen molar-refractivity contribution in [2.24, 2.45) is 5.92 Å². The van der Waals surface area contributed by atoms with Crippen LogP contribution in [0, 0.1) is 11.9 Å². The van der Waals surface area contributed by atoms with Crippen LogP contribution in [-0.2, 0) is 16.6 Å². The Morgan fingerprint density at radius 3 is 2.42 bits per heavy atom. The Morgan fingerprint density at radius 1 is 1.12 bits per heavy atom. The van der Waals surface area contributed by atoms with Crippen LogP contribution in [0.2, 0.25) is 0 Å². The van der Waals surface area contributed by atoms with Gasteiger partial charge in [-0.05, 0) is 49.8 Å². The molecule has 13 heteroatoms. The molecule has 2 atom stereocenters. The molecular formula is C27H26F6N6O. The minimum atomic E-state index is -4.46. The first kappa shape index (κ1) is 27.7. The second-order valence-corrected chi connectivity index (χ2v) is 10.2. The number of benzene rings is 1. The molecule has 0 spiro atoms. The van der Waals surface area contributed by atoms with Crippen LogP contribution in [0.3, 0.4) is 0 Å². The minimum absolute atomic E-state index is 0.0986. The number of fused-ring (bicyclic) bond motifs is 3. The summed E-state index contributed by atoms with van der Waals surface area (Å²) in [7, 11) is 1.23. The molecule has 212 valence electrons. The number of carbonyl (C=O) groups is 1. The molecular weight excluding hydrogens is 538 g/mol. The van der Waals surface area contributed by atoms with Crippen molar-refractivity contribution in [1.82, 2.24) is 29.3 Å². The zero-order valence-corrected chi connectivity index (χ0v) is 21.6. The molecule has 1 amide bonds. The van der Waals surface area contributed by atoms with E-state index in [4.69, 9.17) is 0 Å². The highest BCUT2D eigenvalue weighted by atomic mass is 19.4. The molecule has 2 aliphatic carbocycles. The van der Waals surface area contributed by atoms with Gasteiger partial charge in [0.2, 0.25) is 11.9 Å². The molecule has 1 saturated carbocycles. The lowest BCUT2D eigenvalue weighted by Gasteiger charge is -2.30. The quantitative estimate of drug-likeness (QED) is 0.285. The number of carbonyl (C=O) groups excluding carboxylic acids is 1. The third-order valence-electron chi connectivity index (χ3n) is 7.41. The second-order valence-electron chi connectivity index (χ2n) is 10.2. The number of hydrogen-bond acceptors (Lipinski definition) is 4. The average molecular weight is 565 g/mol. The molecule has 6 rings (SSSR count). The predicted octanol–water partition coefficient (Wildman–Crippen LogP) is 5.87. The summed E-state index contributed by atoms with van der Waals surface area (Å²) in [6, 6.07) is 8.51. The molecule has 1 fully saturated rings. The van der Waals surface area contributed by atoms with E-state index in [1.807, 2.05) is 6.92 Å². The normalized spacial score (nSPS) is 19.3. The van der Waals surface area contributed by atoms with Crippen molar-refractivity contribution < 1.29 is 31.1 Å². The number of nitrogens with zero attached hydrogens (tertiary/aromatic N) is 6. The van der Waals surface area contributed by atoms with Crippen molar-refractivity contribution in [3.8, 4) is 0 Å². The van der Waals surface area contributed by atoms with Crippen molar-refractivity contribution >= 4 is 11.6 Å². The Bertz CT molecular complexity index is 1510. The van der Waals surface area contributed by atoms with E-state index in [-0.39, 0.29) is 11.5 Å². The molecule has 1 aromatic carbocycles. The summed E-state index contributed by atoms with van der Waals surface area (Å²) in [5.74, 6) is -1.25. The van der Waals surface area contributed by atoms with Gasteiger partial charge in [0, 0.05) is 31.4 Å². The summed E-state index contributed by atoms with van der Waals surface area (Å²) < 4.78 is 80.4. The number of hydrogen-bond donors (Lipinski definition) is 0. The van der Waals surface area contributed by atoms with Gasteiger partial charge < -0.3 is 4.90 Å². The molecule has 1 unspecified atom stereocenters. The maximum absolute atomic E-state index is 13.5. The number of aryl methyl sites for hydroxylation is 1. The summed E-state index contributed by atoms with van der Waals surface area (Å²) in [5, 5.41) is 7.84. The van der Waals surface area contributed by atoms with E-state index in [1.54, 1.807) is 30.5 Å². The summed E-state index contributed by atoms with van der Waals surface area (Å²) in [5.41, 5.74) is 2.12. The minimum Gasteiger partial charge on any atom is -0.330 e. The highest BCUT2D eigenvalue weighted by Gasteiger charge is 2.47. The average Bonchev–Trinajstić information content (AvgIpc) is 3.32. The van der Waals surface area contributed by atoms with E-state index in [2.05, 4.69) is 15.2 Å². The molecule has 0 aliphatic heterocycles. The van der Waals surface area contributed by atoms with Crippen molar-refractivity contribution in [2.75, 3.05) is 7.05 Å². The van der Waals surface area contributed by atoms with Crippen molar-refractivity contribution in [3.63, 3.8) is 0 Å². The van der Waals surface area contributed by atoms with Gasteiger partial charge in [-0.25, -0.2) is 14.2 Å². The van der Waals surface area contributed by atoms with Gasteiger partial charge in [0.25, 0.3) is 0 Å². The molecule has 0 bridgehead atoms. The van der Waals surface area contributed by atoms with Crippen molar-refractivity contribution in [2.45, 2.75) is 56.8 Å². The second kappa shape index (κ2) is 10.3. The van der Waals surface area contributed by atoms with Crippen LogP contribution in [0.4, 0.5) is 26.3 Å². The van der Waals surface area contributed by atoms with Crippen LogP contribution in [0.25, 0.3) is 5.65 Å². The van der Waals surface area contributed by atoms with E-state index in [0.29, 0.717) is 35.3 Å². The Labute approximate surface area is 225 Å². The Balaban J connectivity index is 0.000000165. The number of halogens is 6. The highest BCUT2D eigenvalue weighted by molar-refractivity contribution is 5.81. The Morgan fingerprint density at radius 2 is 1.82 bits per heavy atom. The summed E-state index contributed by atoms with van der Waals surface area (Å²) in [4.78, 5) is 16.8. The van der Waals surface area contributed by atoms with E-state index in [9.17, 15) is 31.1 Å². The van der Waals surface area contributed by atoms with Crippen LogP contribution < -0.4 is 0 Å². The lowest BCUT2D eigenvalue weighted by Crippen LogP contribution is -2.40. The predicted molar refractivity (Wildman–Crippen MR) is 132 cm³/mol. The van der Waals surface area contributed by atoms with Crippen LogP contribution in [-0.4, -0.2) is 48.4 Å². The van der Waals surface area contributed by atoms with E-state index in [1.165, 1.54) is 36.0 Å². The monoisotopic (exact) mass is 564 g/mol. The zero-order valence-electron chi connectivity index (χ0n) is 21.6. The summed E-state index contributed by atoms with van der Waals surface area (Å²) in [6.45, 7) is -0.770. The fourth-order valence-electron chi connectivity index (χ4n) is 5.22. The van der Waals surface area contributed by atoms with Gasteiger partial charge in [0.15, 0.2) is 11.7 Å². The molecule has 3 aromatic heterocycles. The lowest BCUT2D eigenvalue weighted by atomic mass is 9.84. The van der Waals surface area contributed by atoms with E-state index >= 15 is 0 Å². The fourth-order valence-corrected chi connectivity index (χ4v) is 5.22. The topological polar surface area (TPSA) is 68.3 Å². The van der Waals surface area contributed by atoms with E-state index in [0.717, 1.165) is 22.6 Å². The van der Waals surface area contributed by atoms with Gasteiger partial charge in [0.1, 0.15) is 0 Å². The SMILES string of the molecule is CN(C(=O)C1CC1)C(c1ccccc1)C(F)(F)F.C[C@@]1(c2ccn(C(F)F)n2)CCc2cnc3cc(F)nn3c21. The van der Waals surface area contributed by atoms with Crippen LogP contribution in [0.5, 0.6) is 0 Å². The van der Waals surface area contributed by atoms with Crippen molar-refractivity contribution in [1.29, 1.82) is 0 Å². The van der Waals surface area contributed by atoms with Gasteiger partial charge in [-0.3, -0.25) is 4.79 Å². The third kappa shape index (κ3) is 5.16. The first-order chi connectivity index (χ1) is 18.9. The van der Waals surface area contributed by atoms with Gasteiger partial charge >= 0.3 is 12.7 Å². The van der Waals surface area contributed by atoms with Gasteiger partial charge in [-0.15, -0.1) is 5.10 Å². The molecule has 0 N–H and O–H groups in total. The first-order valence-corrected chi connectivity index (χ1v) is 12.7. The first-order valence-electron chi connectivity index (χ1n) is 12.7. The smallest absolute Gasteiger partial charge is 0.330 e. The number of rotatable bonds is 5. The molecule has 0 radical (unpaired) electrons. The van der Waals surface area contributed by atoms with Crippen LogP contribution >= 0.6 is 0 Å². The Kier molecular flexibility index (Phi) is 7.09. The molecule has 3 heterocycles. The van der Waals surface area contributed by atoms with Gasteiger partial charge in [-0.2, -0.15) is 31.4 Å². The van der Waals surface area contributed by atoms with Crippen LogP contribution in [0.15, 0.2) is 54.9 Å². The van der Waals surface area contributed by atoms with Gasteiger partial charge in [0.05, 0.1) is 16.8 Å². The van der Waals surface area contributed by atoms with Crippen LogP contribution in [0.1, 0.15) is 61.3 Å². The molecule has 40 heavy (non-hydrogen) atoms. The summed E-state index contributed by atoms with van der Waals surface area (Å²) >= 11 is 0.